The molecule has 7 unspecified atom stereocenters. The molecule has 6 heteroatoms. The first-order chi connectivity index (χ1) is 13.7. The molecule has 0 saturated heterocycles. The number of hydrogen-bond donors (Lipinski definition) is 2. The van der Waals surface area contributed by atoms with Gasteiger partial charge in [0, 0.05) is 31.5 Å². The first-order valence-electron chi connectivity index (χ1n) is 10.3. The number of allylic oxidation sites excluding steroid dienone is 4. The molecule has 0 bridgehead atoms. The molecule has 3 saturated carbocycles. The summed E-state index contributed by atoms with van der Waals surface area (Å²) in [7, 11) is 3.75. The van der Waals surface area contributed by atoms with Crippen molar-refractivity contribution in [3.8, 4) is 0 Å². The lowest BCUT2D eigenvalue weighted by atomic mass is 9.47. The number of ether oxygens (including phenoxy) is 1. The smallest absolute Gasteiger partial charge is 0.189 e. The zero-order valence-corrected chi connectivity index (χ0v) is 19.0. The molecule has 3 fully saturated rings. The van der Waals surface area contributed by atoms with Crippen molar-refractivity contribution in [2.45, 2.75) is 52.1 Å². The fourth-order valence-electron chi connectivity index (χ4n) is 6.73. The molecule has 29 heavy (non-hydrogen) atoms. The highest BCUT2D eigenvalue weighted by Gasteiger charge is 2.62. The first-order valence-corrected chi connectivity index (χ1v) is 10.8. The van der Waals surface area contributed by atoms with E-state index in [0.717, 1.165) is 25.7 Å². The van der Waals surface area contributed by atoms with Crippen LogP contribution in [0.1, 0.15) is 46.0 Å². The van der Waals surface area contributed by atoms with Crippen molar-refractivity contribution in [2.75, 3.05) is 21.4 Å². The van der Waals surface area contributed by atoms with Crippen LogP contribution in [0.2, 0.25) is 0 Å². The van der Waals surface area contributed by atoms with Gasteiger partial charge in [-0.15, -0.1) is 12.6 Å². The van der Waals surface area contributed by atoms with E-state index in [1.54, 1.807) is 26.4 Å². The molecule has 0 aromatic heterocycles. The van der Waals surface area contributed by atoms with Gasteiger partial charge in [0.15, 0.2) is 10.9 Å². The van der Waals surface area contributed by atoms with Gasteiger partial charge in [-0.1, -0.05) is 25.5 Å². The zero-order chi connectivity index (χ0) is 22.0. The molecule has 0 aliphatic heterocycles. The van der Waals surface area contributed by atoms with Crippen molar-refractivity contribution in [3.05, 3.63) is 23.8 Å². The van der Waals surface area contributed by atoms with Gasteiger partial charge in [-0.3, -0.25) is 14.0 Å². The Morgan fingerprint density at radius 2 is 1.86 bits per heavy atom. The van der Waals surface area contributed by atoms with Crippen molar-refractivity contribution >= 4 is 23.5 Å². The van der Waals surface area contributed by atoms with E-state index in [1.807, 2.05) is 6.08 Å². The van der Waals surface area contributed by atoms with E-state index in [0.29, 0.717) is 25.4 Å². The van der Waals surface area contributed by atoms with Crippen molar-refractivity contribution < 1.29 is 23.8 Å². The van der Waals surface area contributed by atoms with Crippen molar-refractivity contribution in [3.63, 3.8) is 0 Å². The second-order valence-corrected chi connectivity index (χ2v) is 9.62. The van der Waals surface area contributed by atoms with E-state index < -0.39 is 6.10 Å². The summed E-state index contributed by atoms with van der Waals surface area (Å²) < 4.78 is 13.8. The number of ketones is 1. The van der Waals surface area contributed by atoms with Gasteiger partial charge in [0.25, 0.3) is 0 Å². The average molecular weight is 427 g/mol. The van der Waals surface area contributed by atoms with Gasteiger partial charge in [0.05, 0.1) is 13.3 Å². The van der Waals surface area contributed by atoms with Crippen LogP contribution in [0.5, 0.6) is 0 Å². The summed E-state index contributed by atoms with van der Waals surface area (Å²) in [5.41, 5.74) is 0.824. The summed E-state index contributed by atoms with van der Waals surface area (Å²) in [4.78, 5) is 23.8. The molecular formula is C23H35FO4S. The molecule has 4 nitrogen and oxygen atoms in total. The van der Waals surface area contributed by atoms with E-state index in [2.05, 4.69) is 31.2 Å². The van der Waals surface area contributed by atoms with Gasteiger partial charge in [0.1, 0.15) is 0 Å². The quantitative estimate of drug-likeness (QED) is 0.617. The lowest BCUT2D eigenvalue weighted by Crippen LogP contribution is -2.56. The Morgan fingerprint density at radius 1 is 1.24 bits per heavy atom. The summed E-state index contributed by atoms with van der Waals surface area (Å²) in [6, 6.07) is 0. The number of carbonyl (C=O) groups is 2. The highest BCUT2D eigenvalue weighted by atomic mass is 32.1. The molecule has 7 atom stereocenters. The van der Waals surface area contributed by atoms with Crippen LogP contribution in [-0.4, -0.2) is 43.5 Å². The second kappa shape index (κ2) is 9.44. The Labute approximate surface area is 179 Å². The number of carbonyl (C=O) groups excluding carboxylic acids is 2. The predicted octanol–water partition coefficient (Wildman–Crippen LogP) is 4.19. The molecular weight excluding hydrogens is 391 g/mol. The number of aliphatic hydroxyl groups excluding tert-OH is 1. The van der Waals surface area contributed by atoms with Crippen LogP contribution in [0.4, 0.5) is 4.39 Å². The predicted molar refractivity (Wildman–Crippen MR) is 115 cm³/mol. The molecule has 0 aromatic rings. The van der Waals surface area contributed by atoms with E-state index >= 15 is 0 Å². The SMILES string of the molecule is CC12C=CC(=O)C=C1CCC1C2C(O)CC2(C)C(C(=O)S)CCC12.CF.COC. The van der Waals surface area contributed by atoms with E-state index in [9.17, 15) is 19.1 Å². The number of fused-ring (bicyclic) bond motifs is 5. The molecule has 4 aliphatic carbocycles. The monoisotopic (exact) mass is 426 g/mol. The van der Waals surface area contributed by atoms with Crippen molar-refractivity contribution in [2.24, 2.45) is 34.5 Å². The number of aliphatic hydroxyl groups is 1. The minimum absolute atomic E-state index is 0.0172. The highest BCUT2D eigenvalue weighted by Crippen LogP contribution is 2.66. The summed E-state index contributed by atoms with van der Waals surface area (Å²) in [6.07, 6.45) is 9.60. The number of alkyl halides is 1. The number of methoxy groups -OCH3 is 1. The Morgan fingerprint density at radius 3 is 2.45 bits per heavy atom. The molecule has 0 amide bonds. The van der Waals surface area contributed by atoms with Gasteiger partial charge in [0.2, 0.25) is 0 Å². The molecule has 1 N–H and O–H groups in total. The minimum atomic E-state index is -0.434. The Hall–Kier alpha value is -0.980. The molecule has 164 valence electrons. The normalized spacial score (nSPS) is 42.1. The van der Waals surface area contributed by atoms with Gasteiger partial charge < -0.3 is 9.84 Å². The summed E-state index contributed by atoms with van der Waals surface area (Å²) >= 11 is 4.13. The van der Waals surface area contributed by atoms with Crippen LogP contribution in [0.3, 0.4) is 0 Å². The fourth-order valence-corrected chi connectivity index (χ4v) is 7.16. The number of rotatable bonds is 1. The van der Waals surface area contributed by atoms with Crippen molar-refractivity contribution in [1.29, 1.82) is 0 Å². The standard InChI is InChI=1S/C20H26O3S.C2H6O.CH3F/c1-19-8-7-12(21)9-11(19)3-4-13-14-5-6-15(18(23)24)20(14,2)10-16(22)17(13)19;1-3-2;1-2/h7-9,13-17,22H,3-6,10H2,1-2H3,(H,23,24);1-2H3;1H3. The summed E-state index contributed by atoms with van der Waals surface area (Å²) in [5.74, 6) is 1.06. The van der Waals surface area contributed by atoms with Gasteiger partial charge in [-0.2, -0.15) is 0 Å². The van der Waals surface area contributed by atoms with Crippen LogP contribution in [0.25, 0.3) is 0 Å². The molecule has 4 rings (SSSR count). The third-order valence-electron chi connectivity index (χ3n) is 7.79. The second-order valence-electron chi connectivity index (χ2n) is 9.18. The lowest BCUT2D eigenvalue weighted by molar-refractivity contribution is -0.132. The minimum Gasteiger partial charge on any atom is -0.393 e. The average Bonchev–Trinajstić information content (AvgIpc) is 3.01. The third kappa shape index (κ3) is 4.13. The van der Waals surface area contributed by atoms with Crippen LogP contribution >= 0.6 is 12.6 Å². The lowest BCUT2D eigenvalue weighted by Gasteiger charge is -2.58. The third-order valence-corrected chi connectivity index (χ3v) is 8.10. The highest BCUT2D eigenvalue weighted by molar-refractivity contribution is 7.96. The Balaban J connectivity index is 0.000000551. The largest absolute Gasteiger partial charge is 0.393 e. The van der Waals surface area contributed by atoms with E-state index in [-0.39, 0.29) is 33.6 Å². The topological polar surface area (TPSA) is 63.6 Å². The molecule has 0 spiro atoms. The van der Waals surface area contributed by atoms with Gasteiger partial charge >= 0.3 is 0 Å². The number of hydrogen-bond acceptors (Lipinski definition) is 4. The van der Waals surface area contributed by atoms with Crippen molar-refractivity contribution in [1.82, 2.24) is 0 Å². The molecule has 0 radical (unpaired) electrons. The maximum Gasteiger partial charge on any atom is 0.189 e. The molecule has 0 aromatic carbocycles. The maximum absolute atomic E-state index is 12.0. The fraction of sp³-hybridized carbons (Fsp3) is 0.739. The molecule has 4 aliphatic rings. The number of halogens is 1. The first kappa shape index (κ1) is 24.3. The molecule has 0 heterocycles. The van der Waals surface area contributed by atoms with Gasteiger partial charge in [-0.05, 0) is 61.5 Å². The van der Waals surface area contributed by atoms with Crippen LogP contribution in [0, 0.1) is 34.5 Å². The summed E-state index contributed by atoms with van der Waals surface area (Å²) in [5, 5.41) is 11.1. The Bertz CT molecular complexity index is 690. The van der Waals surface area contributed by atoms with Crippen LogP contribution < -0.4 is 0 Å². The van der Waals surface area contributed by atoms with Crippen LogP contribution in [0.15, 0.2) is 23.8 Å². The van der Waals surface area contributed by atoms with E-state index in [1.165, 1.54) is 5.57 Å². The van der Waals surface area contributed by atoms with Crippen LogP contribution in [-0.2, 0) is 14.3 Å². The van der Waals surface area contributed by atoms with Gasteiger partial charge in [-0.25, -0.2) is 0 Å². The maximum atomic E-state index is 12.0. The zero-order valence-electron chi connectivity index (χ0n) is 18.2. The number of thiol groups is 1. The van der Waals surface area contributed by atoms with E-state index in [4.69, 9.17) is 0 Å². The Kier molecular flexibility index (Phi) is 7.91. The summed E-state index contributed by atoms with van der Waals surface area (Å²) in [6.45, 7) is 4.37.